The molecular formula is C9H12ClNO. The zero-order valence-electron chi connectivity index (χ0n) is 7.01. The summed E-state index contributed by atoms with van der Waals surface area (Å²) in [4.78, 5) is 0. The predicted molar refractivity (Wildman–Crippen MR) is 50.1 cm³/mol. The second-order valence-corrected chi connectivity index (χ2v) is 3.26. The maximum Gasteiger partial charge on any atom is 0.197 e. The van der Waals surface area contributed by atoms with Crippen molar-refractivity contribution < 1.29 is 4.42 Å². The Hall–Kier alpha value is -0.730. The summed E-state index contributed by atoms with van der Waals surface area (Å²) in [5.41, 5.74) is 7.72. The first-order valence-electron chi connectivity index (χ1n) is 3.74. The van der Waals surface area contributed by atoms with Gasteiger partial charge in [0.2, 0.25) is 0 Å². The third-order valence-electron chi connectivity index (χ3n) is 1.61. The summed E-state index contributed by atoms with van der Waals surface area (Å²) in [5, 5.41) is 0.378. The van der Waals surface area contributed by atoms with Crippen LogP contribution in [-0.2, 0) is 0 Å². The monoisotopic (exact) mass is 185 g/mol. The highest BCUT2D eigenvalue weighted by molar-refractivity contribution is 6.29. The Balaban J connectivity index is 2.71. The van der Waals surface area contributed by atoms with E-state index in [0.29, 0.717) is 5.22 Å². The fourth-order valence-electron chi connectivity index (χ4n) is 1.06. The Labute approximate surface area is 77.0 Å². The molecule has 0 saturated heterocycles. The molecule has 2 N–H and O–H groups in total. The van der Waals surface area contributed by atoms with E-state index in [2.05, 4.69) is 6.58 Å². The van der Waals surface area contributed by atoms with Crippen LogP contribution in [0.2, 0.25) is 5.22 Å². The summed E-state index contributed by atoms with van der Waals surface area (Å²) in [6.07, 6.45) is 2.27. The van der Waals surface area contributed by atoms with Crippen molar-refractivity contribution in [1.29, 1.82) is 0 Å². The standard InChI is InChI=1S/C9H12ClNO/c1-6(2)5-8(11)7-3-4-12-9(7)10/h3-4,8H,1,5,11H2,2H3. The first-order chi connectivity index (χ1) is 5.61. The van der Waals surface area contributed by atoms with Crippen molar-refractivity contribution in [3.63, 3.8) is 0 Å². The van der Waals surface area contributed by atoms with Gasteiger partial charge >= 0.3 is 0 Å². The highest BCUT2D eigenvalue weighted by Crippen LogP contribution is 2.25. The van der Waals surface area contributed by atoms with Crippen molar-refractivity contribution in [1.82, 2.24) is 0 Å². The molecule has 0 aliphatic rings. The van der Waals surface area contributed by atoms with Crippen molar-refractivity contribution >= 4 is 11.6 Å². The molecule has 1 aromatic heterocycles. The minimum Gasteiger partial charge on any atom is -0.453 e. The number of nitrogens with two attached hydrogens (primary N) is 1. The van der Waals surface area contributed by atoms with Gasteiger partial charge in [0.15, 0.2) is 5.22 Å². The fourth-order valence-corrected chi connectivity index (χ4v) is 1.31. The third-order valence-corrected chi connectivity index (χ3v) is 1.92. The highest BCUT2D eigenvalue weighted by atomic mass is 35.5. The Morgan fingerprint density at radius 2 is 2.50 bits per heavy atom. The van der Waals surface area contributed by atoms with Crippen molar-refractivity contribution in [2.24, 2.45) is 5.73 Å². The van der Waals surface area contributed by atoms with Crippen LogP contribution in [0.5, 0.6) is 0 Å². The van der Waals surface area contributed by atoms with E-state index in [1.165, 1.54) is 6.26 Å². The lowest BCUT2D eigenvalue weighted by Crippen LogP contribution is -2.09. The topological polar surface area (TPSA) is 39.2 Å². The summed E-state index contributed by atoms with van der Waals surface area (Å²) < 4.78 is 4.92. The second kappa shape index (κ2) is 3.78. The van der Waals surface area contributed by atoms with Gasteiger partial charge in [0.1, 0.15) is 0 Å². The maximum atomic E-state index is 5.84. The number of halogens is 1. The third kappa shape index (κ3) is 2.13. The van der Waals surface area contributed by atoms with Gasteiger partial charge in [0, 0.05) is 11.6 Å². The first-order valence-corrected chi connectivity index (χ1v) is 4.12. The van der Waals surface area contributed by atoms with Crippen LogP contribution < -0.4 is 5.73 Å². The largest absolute Gasteiger partial charge is 0.453 e. The zero-order chi connectivity index (χ0) is 9.14. The quantitative estimate of drug-likeness (QED) is 0.736. The molecule has 0 aliphatic heterocycles. The molecule has 3 heteroatoms. The van der Waals surface area contributed by atoms with E-state index in [1.54, 1.807) is 6.07 Å². The second-order valence-electron chi connectivity index (χ2n) is 2.92. The van der Waals surface area contributed by atoms with Gasteiger partial charge in [-0.3, -0.25) is 0 Å². The smallest absolute Gasteiger partial charge is 0.197 e. The molecule has 1 rings (SSSR count). The summed E-state index contributed by atoms with van der Waals surface area (Å²) in [6, 6.07) is 1.68. The van der Waals surface area contributed by atoms with Gasteiger partial charge in [-0.05, 0) is 31.0 Å². The normalized spacial score (nSPS) is 12.9. The molecule has 0 bridgehead atoms. The van der Waals surface area contributed by atoms with Gasteiger partial charge in [-0.25, -0.2) is 0 Å². The molecule has 1 atom stereocenters. The Kier molecular flexibility index (Phi) is 2.95. The molecule has 2 nitrogen and oxygen atoms in total. The van der Waals surface area contributed by atoms with Gasteiger partial charge in [0.05, 0.1) is 6.26 Å². The van der Waals surface area contributed by atoms with Crippen LogP contribution in [0.1, 0.15) is 24.9 Å². The first kappa shape index (κ1) is 9.36. The van der Waals surface area contributed by atoms with Crippen molar-refractivity contribution in [2.75, 3.05) is 0 Å². The number of rotatable bonds is 3. The molecule has 0 fully saturated rings. The van der Waals surface area contributed by atoms with E-state index in [1.807, 2.05) is 6.92 Å². The van der Waals surface area contributed by atoms with Crippen LogP contribution in [-0.4, -0.2) is 0 Å². The molecule has 0 saturated carbocycles. The molecular weight excluding hydrogens is 174 g/mol. The molecule has 1 aromatic rings. The van der Waals surface area contributed by atoms with Crippen LogP contribution in [0, 0.1) is 0 Å². The SMILES string of the molecule is C=C(C)CC(N)c1ccoc1Cl. The lowest BCUT2D eigenvalue weighted by Gasteiger charge is -2.08. The average Bonchev–Trinajstić information content (AvgIpc) is 2.33. The molecule has 0 amide bonds. The molecule has 1 unspecified atom stereocenters. The lowest BCUT2D eigenvalue weighted by atomic mass is 10.0. The van der Waals surface area contributed by atoms with Crippen LogP contribution in [0.4, 0.5) is 0 Å². The van der Waals surface area contributed by atoms with Crippen LogP contribution in [0.3, 0.4) is 0 Å². The Morgan fingerprint density at radius 1 is 1.83 bits per heavy atom. The molecule has 0 aromatic carbocycles. The average molecular weight is 186 g/mol. The van der Waals surface area contributed by atoms with Crippen LogP contribution in [0.25, 0.3) is 0 Å². The van der Waals surface area contributed by atoms with Crippen LogP contribution in [0.15, 0.2) is 28.9 Å². The molecule has 66 valence electrons. The van der Waals surface area contributed by atoms with Gasteiger partial charge < -0.3 is 10.2 Å². The summed E-state index contributed by atoms with van der Waals surface area (Å²) in [6.45, 7) is 5.72. The zero-order valence-corrected chi connectivity index (χ0v) is 7.77. The predicted octanol–water partition coefficient (Wildman–Crippen LogP) is 2.90. The molecule has 0 radical (unpaired) electrons. The van der Waals surface area contributed by atoms with Gasteiger partial charge in [-0.1, -0.05) is 5.57 Å². The Bertz CT molecular complexity index is 280. The molecule has 0 aliphatic carbocycles. The summed E-state index contributed by atoms with van der Waals surface area (Å²) in [7, 11) is 0. The van der Waals surface area contributed by atoms with E-state index in [4.69, 9.17) is 21.8 Å². The number of hydrogen-bond donors (Lipinski definition) is 1. The van der Waals surface area contributed by atoms with Gasteiger partial charge in [-0.15, -0.1) is 6.58 Å². The molecule has 0 spiro atoms. The number of furan rings is 1. The van der Waals surface area contributed by atoms with Gasteiger partial charge in [0.25, 0.3) is 0 Å². The maximum absolute atomic E-state index is 5.84. The minimum absolute atomic E-state index is 0.103. The number of hydrogen-bond acceptors (Lipinski definition) is 2. The van der Waals surface area contributed by atoms with Crippen molar-refractivity contribution in [2.45, 2.75) is 19.4 Å². The minimum atomic E-state index is -0.103. The Morgan fingerprint density at radius 3 is 2.92 bits per heavy atom. The van der Waals surface area contributed by atoms with E-state index in [-0.39, 0.29) is 6.04 Å². The summed E-state index contributed by atoms with van der Waals surface area (Å²) in [5.74, 6) is 0. The lowest BCUT2D eigenvalue weighted by molar-refractivity contribution is 0.560. The van der Waals surface area contributed by atoms with E-state index < -0.39 is 0 Å². The van der Waals surface area contributed by atoms with E-state index in [0.717, 1.165) is 17.6 Å². The summed E-state index contributed by atoms with van der Waals surface area (Å²) >= 11 is 5.74. The molecule has 1 heterocycles. The van der Waals surface area contributed by atoms with E-state index in [9.17, 15) is 0 Å². The van der Waals surface area contributed by atoms with Crippen molar-refractivity contribution in [3.05, 3.63) is 35.3 Å². The van der Waals surface area contributed by atoms with E-state index >= 15 is 0 Å². The molecule has 12 heavy (non-hydrogen) atoms. The highest BCUT2D eigenvalue weighted by Gasteiger charge is 2.11. The van der Waals surface area contributed by atoms with Crippen molar-refractivity contribution in [3.8, 4) is 0 Å². The fraction of sp³-hybridized carbons (Fsp3) is 0.333. The van der Waals surface area contributed by atoms with Crippen LogP contribution >= 0.6 is 11.6 Å². The van der Waals surface area contributed by atoms with Gasteiger partial charge in [-0.2, -0.15) is 0 Å².